The van der Waals surface area contributed by atoms with Gasteiger partial charge in [0.1, 0.15) is 17.9 Å². The third-order valence-electron chi connectivity index (χ3n) is 5.03. The van der Waals surface area contributed by atoms with Crippen molar-refractivity contribution in [1.29, 1.82) is 0 Å². The van der Waals surface area contributed by atoms with Crippen molar-refractivity contribution in [1.82, 2.24) is 16.0 Å². The van der Waals surface area contributed by atoms with E-state index in [1.807, 2.05) is 25.1 Å². The van der Waals surface area contributed by atoms with E-state index in [0.717, 1.165) is 41.7 Å². The summed E-state index contributed by atoms with van der Waals surface area (Å²) in [6, 6.07) is 8.40. The van der Waals surface area contributed by atoms with Gasteiger partial charge >= 0.3 is 0 Å². The van der Waals surface area contributed by atoms with Crippen molar-refractivity contribution >= 4 is 46.8 Å². The highest BCUT2D eigenvalue weighted by atomic mass is 127. The van der Waals surface area contributed by atoms with Crippen molar-refractivity contribution in [3.8, 4) is 0 Å². The number of nitrogens with zero attached hydrogens (tertiary/aromatic N) is 1. The summed E-state index contributed by atoms with van der Waals surface area (Å²) in [5.41, 5.74) is 2.02. The highest BCUT2D eigenvalue weighted by molar-refractivity contribution is 14.0. The summed E-state index contributed by atoms with van der Waals surface area (Å²) in [6.45, 7) is 5.87. The minimum absolute atomic E-state index is 0. The van der Waals surface area contributed by atoms with E-state index in [4.69, 9.17) is 4.42 Å². The fraction of sp³-hybridized carbons (Fsp3) is 0.524. The van der Waals surface area contributed by atoms with Gasteiger partial charge in [-0.15, -0.1) is 24.0 Å². The molecule has 1 aromatic heterocycles. The fourth-order valence-corrected chi connectivity index (χ4v) is 3.53. The average molecular weight is 498 g/mol. The van der Waals surface area contributed by atoms with Crippen LogP contribution in [0, 0.1) is 6.92 Å². The maximum atomic E-state index is 12.0. The SMILES string of the molecule is CCNC(=NCc1oc2ccccc2c1C)NCCC(=O)NC1CCCC1.I. The molecular weight excluding hydrogens is 467 g/mol. The number of guanidine groups is 1. The molecule has 3 N–H and O–H groups in total. The smallest absolute Gasteiger partial charge is 0.221 e. The molecule has 1 aliphatic rings. The van der Waals surface area contributed by atoms with Gasteiger partial charge in [0.2, 0.25) is 5.91 Å². The Balaban J connectivity index is 0.00000280. The summed E-state index contributed by atoms with van der Waals surface area (Å²) in [4.78, 5) is 16.6. The van der Waals surface area contributed by atoms with Crippen molar-refractivity contribution in [3.05, 3.63) is 35.6 Å². The summed E-state index contributed by atoms with van der Waals surface area (Å²) in [7, 11) is 0. The maximum absolute atomic E-state index is 12.0. The molecule has 6 nitrogen and oxygen atoms in total. The lowest BCUT2D eigenvalue weighted by Crippen LogP contribution is -2.40. The van der Waals surface area contributed by atoms with E-state index in [9.17, 15) is 4.79 Å². The van der Waals surface area contributed by atoms with E-state index in [2.05, 4.69) is 33.9 Å². The molecule has 3 rings (SSSR count). The number of para-hydroxylation sites is 1. The topological polar surface area (TPSA) is 78.7 Å². The first kappa shape index (κ1) is 22.5. The molecule has 0 saturated heterocycles. The van der Waals surface area contributed by atoms with Crippen molar-refractivity contribution in [2.24, 2.45) is 4.99 Å². The molecule has 0 spiro atoms. The van der Waals surface area contributed by atoms with Gasteiger partial charge < -0.3 is 20.4 Å². The number of benzene rings is 1. The highest BCUT2D eigenvalue weighted by Crippen LogP contribution is 2.25. The molecule has 1 fully saturated rings. The summed E-state index contributed by atoms with van der Waals surface area (Å²) in [5, 5.41) is 10.7. The molecule has 1 saturated carbocycles. The Labute approximate surface area is 183 Å². The molecule has 154 valence electrons. The van der Waals surface area contributed by atoms with Gasteiger partial charge in [0.25, 0.3) is 0 Å². The standard InChI is InChI=1S/C21H30N4O2.HI/c1-3-22-21(23-13-12-20(26)25-16-8-4-5-9-16)24-14-19-15(2)17-10-6-7-11-18(17)27-19;/h6-7,10-11,16H,3-5,8-9,12-14H2,1-2H3,(H,25,26)(H2,22,23,24);1H. The Hall–Kier alpha value is -1.77. The van der Waals surface area contributed by atoms with Crippen LogP contribution in [0.2, 0.25) is 0 Å². The summed E-state index contributed by atoms with van der Waals surface area (Å²) in [6.07, 6.45) is 5.12. The molecule has 28 heavy (non-hydrogen) atoms. The van der Waals surface area contributed by atoms with E-state index in [1.54, 1.807) is 0 Å². The molecule has 0 aliphatic heterocycles. The van der Waals surface area contributed by atoms with Crippen molar-refractivity contribution in [3.63, 3.8) is 0 Å². The van der Waals surface area contributed by atoms with E-state index < -0.39 is 0 Å². The monoisotopic (exact) mass is 498 g/mol. The van der Waals surface area contributed by atoms with Gasteiger partial charge in [0, 0.05) is 36.5 Å². The molecule has 2 aromatic rings. The normalized spacial score (nSPS) is 14.7. The second kappa shape index (κ2) is 11.3. The number of fused-ring (bicyclic) bond motifs is 1. The summed E-state index contributed by atoms with van der Waals surface area (Å²) < 4.78 is 5.92. The highest BCUT2D eigenvalue weighted by Gasteiger charge is 2.16. The van der Waals surface area contributed by atoms with Gasteiger partial charge in [0.15, 0.2) is 5.96 Å². The van der Waals surface area contributed by atoms with Gasteiger partial charge in [-0.05, 0) is 32.8 Å². The van der Waals surface area contributed by atoms with Crippen LogP contribution in [0.5, 0.6) is 0 Å². The van der Waals surface area contributed by atoms with E-state index in [0.29, 0.717) is 31.5 Å². The number of furan rings is 1. The fourth-order valence-electron chi connectivity index (χ4n) is 3.53. The average Bonchev–Trinajstić information content (AvgIpc) is 3.28. The molecule has 1 amide bonds. The Morgan fingerprint density at radius 1 is 1.21 bits per heavy atom. The van der Waals surface area contributed by atoms with Crippen LogP contribution >= 0.6 is 24.0 Å². The van der Waals surface area contributed by atoms with E-state index in [1.165, 1.54) is 12.8 Å². The predicted octanol–water partition coefficient (Wildman–Crippen LogP) is 3.86. The third kappa shape index (κ3) is 6.12. The second-order valence-electron chi connectivity index (χ2n) is 7.07. The minimum Gasteiger partial charge on any atom is -0.459 e. The van der Waals surface area contributed by atoms with Crippen LogP contribution in [-0.2, 0) is 11.3 Å². The van der Waals surface area contributed by atoms with Crippen molar-refractivity contribution < 1.29 is 9.21 Å². The molecule has 0 atom stereocenters. The zero-order chi connectivity index (χ0) is 19.1. The number of halogens is 1. The lowest BCUT2D eigenvalue weighted by Gasteiger charge is -2.13. The number of amides is 1. The van der Waals surface area contributed by atoms with E-state index in [-0.39, 0.29) is 29.9 Å². The first-order valence-electron chi connectivity index (χ1n) is 9.96. The molecule has 1 aromatic carbocycles. The van der Waals surface area contributed by atoms with Gasteiger partial charge in [-0.3, -0.25) is 4.79 Å². The lowest BCUT2D eigenvalue weighted by atomic mass is 10.1. The molecule has 0 radical (unpaired) electrons. The molecule has 1 aliphatic carbocycles. The third-order valence-corrected chi connectivity index (χ3v) is 5.03. The quantitative estimate of drug-likeness (QED) is 0.308. The van der Waals surface area contributed by atoms with Crippen LogP contribution in [0.4, 0.5) is 0 Å². The van der Waals surface area contributed by atoms with Crippen LogP contribution in [0.25, 0.3) is 11.0 Å². The number of carbonyl (C=O) groups is 1. The zero-order valence-electron chi connectivity index (χ0n) is 16.7. The summed E-state index contributed by atoms with van der Waals surface area (Å²) in [5.74, 6) is 1.68. The maximum Gasteiger partial charge on any atom is 0.221 e. The molecule has 1 heterocycles. The van der Waals surface area contributed by atoms with Crippen LogP contribution in [0.1, 0.15) is 50.4 Å². The van der Waals surface area contributed by atoms with Gasteiger partial charge in [-0.2, -0.15) is 0 Å². The predicted molar refractivity (Wildman–Crippen MR) is 124 cm³/mol. The number of hydrogen-bond acceptors (Lipinski definition) is 3. The zero-order valence-corrected chi connectivity index (χ0v) is 19.0. The van der Waals surface area contributed by atoms with Crippen LogP contribution in [0.3, 0.4) is 0 Å². The van der Waals surface area contributed by atoms with Crippen molar-refractivity contribution in [2.75, 3.05) is 13.1 Å². The van der Waals surface area contributed by atoms with Gasteiger partial charge in [-0.25, -0.2) is 4.99 Å². The molecule has 7 heteroatoms. The first-order valence-corrected chi connectivity index (χ1v) is 9.96. The number of rotatable bonds is 7. The number of aliphatic imine (C=N–C) groups is 1. The van der Waals surface area contributed by atoms with Crippen LogP contribution in [-0.4, -0.2) is 31.0 Å². The number of hydrogen-bond donors (Lipinski definition) is 3. The minimum atomic E-state index is 0. The Morgan fingerprint density at radius 2 is 1.96 bits per heavy atom. The second-order valence-corrected chi connectivity index (χ2v) is 7.07. The van der Waals surface area contributed by atoms with Crippen molar-refractivity contribution in [2.45, 2.75) is 58.5 Å². The van der Waals surface area contributed by atoms with E-state index >= 15 is 0 Å². The van der Waals surface area contributed by atoms with Gasteiger partial charge in [0.05, 0.1) is 0 Å². The lowest BCUT2D eigenvalue weighted by molar-refractivity contribution is -0.121. The Bertz CT molecular complexity index is 797. The number of nitrogens with one attached hydrogen (secondary N) is 3. The number of aryl methyl sites for hydroxylation is 1. The molecule has 0 unspecified atom stereocenters. The summed E-state index contributed by atoms with van der Waals surface area (Å²) >= 11 is 0. The first-order chi connectivity index (χ1) is 13.2. The van der Waals surface area contributed by atoms with Crippen LogP contribution < -0.4 is 16.0 Å². The van der Waals surface area contributed by atoms with Crippen LogP contribution in [0.15, 0.2) is 33.7 Å². The Kier molecular flexibility index (Phi) is 9.08. The molecular formula is C21H31IN4O2. The molecule has 0 bridgehead atoms. The van der Waals surface area contributed by atoms with Gasteiger partial charge in [-0.1, -0.05) is 31.0 Å². The largest absolute Gasteiger partial charge is 0.459 e. The Morgan fingerprint density at radius 3 is 2.68 bits per heavy atom. The number of carbonyl (C=O) groups excluding carboxylic acids is 1.